The number of amides is 1. The lowest BCUT2D eigenvalue weighted by molar-refractivity contribution is 0.100. The van der Waals surface area contributed by atoms with Crippen LogP contribution >= 0.6 is 0 Å². The summed E-state index contributed by atoms with van der Waals surface area (Å²) in [5.74, 6) is -1.90. The van der Waals surface area contributed by atoms with Crippen LogP contribution in [0.3, 0.4) is 0 Å². The number of rotatable bonds is 5. The standard InChI is InChI=1S/C23H22F2N6O/c24-18-8-13-2-4-20(16(13)9-19(18)25)30-22-17(21(26)32)11-28-23(31-22)29-15-3-1-12-5-6-27-10-14(12)7-15/h1,3,7-9,11,20,27H,2,4-6,10H2,(H2,26,32)(H2,28,29,30,31). The summed E-state index contributed by atoms with van der Waals surface area (Å²) in [7, 11) is 0. The zero-order chi connectivity index (χ0) is 22.2. The lowest BCUT2D eigenvalue weighted by Gasteiger charge is -2.19. The van der Waals surface area contributed by atoms with Gasteiger partial charge in [-0.1, -0.05) is 6.07 Å². The smallest absolute Gasteiger partial charge is 0.254 e. The van der Waals surface area contributed by atoms with Crippen molar-refractivity contribution in [2.24, 2.45) is 5.73 Å². The molecule has 7 nitrogen and oxygen atoms in total. The maximum atomic E-state index is 13.8. The van der Waals surface area contributed by atoms with Gasteiger partial charge in [0.25, 0.3) is 5.91 Å². The van der Waals surface area contributed by atoms with Crippen LogP contribution in [0, 0.1) is 11.6 Å². The summed E-state index contributed by atoms with van der Waals surface area (Å²) in [6.07, 6.45) is 3.55. The molecule has 5 rings (SSSR count). The molecule has 1 aliphatic carbocycles. The number of aryl methyl sites for hydroxylation is 1. The van der Waals surface area contributed by atoms with E-state index in [2.05, 4.69) is 32.0 Å². The molecule has 0 saturated heterocycles. The molecular weight excluding hydrogens is 414 g/mol. The van der Waals surface area contributed by atoms with Crippen LogP contribution in [0.1, 0.15) is 45.1 Å². The number of hydrogen-bond acceptors (Lipinski definition) is 6. The van der Waals surface area contributed by atoms with Gasteiger partial charge < -0.3 is 21.7 Å². The predicted octanol–water partition coefficient (Wildman–Crippen LogP) is 3.34. The number of primary amides is 1. The largest absolute Gasteiger partial charge is 0.365 e. The maximum absolute atomic E-state index is 13.8. The number of hydrogen-bond donors (Lipinski definition) is 4. The van der Waals surface area contributed by atoms with Crippen LogP contribution in [0.15, 0.2) is 36.5 Å². The van der Waals surface area contributed by atoms with Gasteiger partial charge in [0.1, 0.15) is 5.82 Å². The molecule has 32 heavy (non-hydrogen) atoms. The molecule has 0 saturated carbocycles. The molecule has 3 aromatic rings. The van der Waals surface area contributed by atoms with Crippen molar-refractivity contribution < 1.29 is 13.6 Å². The molecular formula is C23H22F2N6O. The van der Waals surface area contributed by atoms with E-state index in [1.165, 1.54) is 29.5 Å². The van der Waals surface area contributed by atoms with Gasteiger partial charge in [-0.2, -0.15) is 4.98 Å². The summed E-state index contributed by atoms with van der Waals surface area (Å²) in [5.41, 5.74) is 10.4. The van der Waals surface area contributed by atoms with E-state index in [0.717, 1.165) is 30.8 Å². The number of benzene rings is 2. The highest BCUT2D eigenvalue weighted by molar-refractivity contribution is 5.97. The molecule has 1 aliphatic heterocycles. The van der Waals surface area contributed by atoms with Crippen LogP contribution in [0.25, 0.3) is 0 Å². The summed E-state index contributed by atoms with van der Waals surface area (Å²) in [6.45, 7) is 1.77. The molecule has 2 aliphatic rings. The van der Waals surface area contributed by atoms with Crippen LogP contribution in [0.5, 0.6) is 0 Å². The first-order chi connectivity index (χ1) is 15.5. The Morgan fingerprint density at radius 1 is 1.09 bits per heavy atom. The molecule has 0 bridgehead atoms. The van der Waals surface area contributed by atoms with Crippen LogP contribution in [0.4, 0.5) is 26.2 Å². The van der Waals surface area contributed by atoms with Gasteiger partial charge in [0, 0.05) is 18.4 Å². The highest BCUT2D eigenvalue weighted by atomic mass is 19.2. The Morgan fingerprint density at radius 3 is 2.78 bits per heavy atom. The zero-order valence-electron chi connectivity index (χ0n) is 17.2. The van der Waals surface area contributed by atoms with Crippen molar-refractivity contribution >= 4 is 23.4 Å². The predicted molar refractivity (Wildman–Crippen MR) is 117 cm³/mol. The topological polar surface area (TPSA) is 105 Å². The van der Waals surface area contributed by atoms with Crippen LogP contribution < -0.4 is 21.7 Å². The highest BCUT2D eigenvalue weighted by Gasteiger charge is 2.26. The molecule has 1 atom stereocenters. The number of carbonyl (C=O) groups is 1. The van der Waals surface area contributed by atoms with E-state index in [0.29, 0.717) is 24.4 Å². The van der Waals surface area contributed by atoms with Gasteiger partial charge in [0.15, 0.2) is 11.6 Å². The van der Waals surface area contributed by atoms with Gasteiger partial charge >= 0.3 is 0 Å². The first kappa shape index (κ1) is 20.3. The molecule has 2 aromatic carbocycles. The van der Waals surface area contributed by atoms with Crippen molar-refractivity contribution in [3.8, 4) is 0 Å². The van der Waals surface area contributed by atoms with E-state index in [1.54, 1.807) is 0 Å². The van der Waals surface area contributed by atoms with Crippen LogP contribution in [-0.4, -0.2) is 22.4 Å². The van der Waals surface area contributed by atoms with E-state index in [-0.39, 0.29) is 17.4 Å². The number of nitrogens with zero attached hydrogens (tertiary/aromatic N) is 2. The first-order valence-corrected chi connectivity index (χ1v) is 10.5. The third-order valence-corrected chi connectivity index (χ3v) is 5.97. The van der Waals surface area contributed by atoms with Crippen molar-refractivity contribution in [2.45, 2.75) is 31.8 Å². The van der Waals surface area contributed by atoms with Gasteiger partial charge in [-0.3, -0.25) is 4.79 Å². The minimum atomic E-state index is -0.903. The Morgan fingerprint density at radius 2 is 1.94 bits per heavy atom. The second kappa shape index (κ2) is 8.16. The number of halogens is 2. The van der Waals surface area contributed by atoms with Crippen molar-refractivity contribution in [2.75, 3.05) is 17.2 Å². The molecule has 2 heterocycles. The minimum Gasteiger partial charge on any atom is -0.365 e. The number of nitrogens with two attached hydrogens (primary N) is 1. The lowest BCUT2D eigenvalue weighted by atomic mass is 10.0. The van der Waals surface area contributed by atoms with Gasteiger partial charge in [-0.15, -0.1) is 0 Å². The molecule has 5 N–H and O–H groups in total. The van der Waals surface area contributed by atoms with E-state index >= 15 is 0 Å². The van der Waals surface area contributed by atoms with E-state index < -0.39 is 17.5 Å². The summed E-state index contributed by atoms with van der Waals surface area (Å²) in [5, 5.41) is 9.69. The Balaban J connectivity index is 1.42. The molecule has 9 heteroatoms. The fourth-order valence-electron chi connectivity index (χ4n) is 4.33. The maximum Gasteiger partial charge on any atom is 0.254 e. The molecule has 1 unspecified atom stereocenters. The number of fused-ring (bicyclic) bond motifs is 2. The molecule has 1 amide bonds. The summed E-state index contributed by atoms with van der Waals surface area (Å²) in [6, 6.07) is 8.19. The van der Waals surface area contributed by atoms with Gasteiger partial charge in [-0.05, 0) is 72.3 Å². The second-order valence-electron chi connectivity index (χ2n) is 8.06. The normalized spacial score (nSPS) is 16.9. The van der Waals surface area contributed by atoms with E-state index in [9.17, 15) is 13.6 Å². The molecule has 164 valence electrons. The summed E-state index contributed by atoms with van der Waals surface area (Å²) >= 11 is 0. The van der Waals surface area contributed by atoms with Crippen LogP contribution in [0.2, 0.25) is 0 Å². The number of carbonyl (C=O) groups excluding carboxylic acids is 1. The van der Waals surface area contributed by atoms with E-state index in [4.69, 9.17) is 5.73 Å². The molecule has 0 fully saturated rings. The SMILES string of the molecule is NC(=O)c1cnc(Nc2ccc3c(c2)CNCC3)nc1NC1CCc2cc(F)c(F)cc21. The first-order valence-electron chi connectivity index (χ1n) is 10.5. The average Bonchev–Trinajstić information content (AvgIpc) is 3.15. The van der Waals surface area contributed by atoms with Gasteiger partial charge in [0.2, 0.25) is 5.95 Å². The third kappa shape index (κ3) is 3.87. The zero-order valence-corrected chi connectivity index (χ0v) is 17.2. The Bertz CT molecular complexity index is 1220. The average molecular weight is 436 g/mol. The van der Waals surface area contributed by atoms with Crippen molar-refractivity contribution in [3.05, 3.63) is 76.0 Å². The number of nitrogens with one attached hydrogen (secondary N) is 3. The number of aromatic nitrogens is 2. The summed E-state index contributed by atoms with van der Waals surface area (Å²) in [4.78, 5) is 20.6. The lowest BCUT2D eigenvalue weighted by Crippen LogP contribution is -2.23. The van der Waals surface area contributed by atoms with Crippen molar-refractivity contribution in [1.29, 1.82) is 0 Å². The van der Waals surface area contributed by atoms with Crippen molar-refractivity contribution in [1.82, 2.24) is 15.3 Å². The molecule has 0 radical (unpaired) electrons. The quantitative estimate of drug-likeness (QED) is 0.489. The van der Waals surface area contributed by atoms with E-state index in [1.807, 2.05) is 12.1 Å². The monoisotopic (exact) mass is 436 g/mol. The summed E-state index contributed by atoms with van der Waals surface area (Å²) < 4.78 is 27.4. The van der Waals surface area contributed by atoms with Gasteiger partial charge in [-0.25, -0.2) is 13.8 Å². The fraction of sp³-hybridized carbons (Fsp3) is 0.261. The third-order valence-electron chi connectivity index (χ3n) is 5.97. The fourth-order valence-corrected chi connectivity index (χ4v) is 4.33. The Kier molecular flexibility index (Phi) is 5.18. The van der Waals surface area contributed by atoms with Gasteiger partial charge in [0.05, 0.1) is 11.6 Å². The Labute approximate surface area is 183 Å². The Hall–Kier alpha value is -3.59. The minimum absolute atomic E-state index is 0.126. The second-order valence-corrected chi connectivity index (χ2v) is 8.06. The molecule has 0 spiro atoms. The van der Waals surface area contributed by atoms with Crippen LogP contribution in [-0.2, 0) is 19.4 Å². The highest BCUT2D eigenvalue weighted by Crippen LogP contribution is 2.35. The number of anilines is 3. The van der Waals surface area contributed by atoms with Crippen molar-refractivity contribution in [3.63, 3.8) is 0 Å². The molecule has 1 aromatic heterocycles.